The molecule has 6 nitrogen and oxygen atoms in total. The van der Waals surface area contributed by atoms with Crippen LogP contribution in [-0.4, -0.2) is 46.6 Å². The van der Waals surface area contributed by atoms with E-state index < -0.39 is 5.97 Å². The molecular formula is C23H27N3O3. The normalized spacial score (nSPS) is 17.9. The van der Waals surface area contributed by atoms with Crippen LogP contribution in [0.3, 0.4) is 0 Å². The zero-order valence-corrected chi connectivity index (χ0v) is 16.9. The van der Waals surface area contributed by atoms with Crippen LogP contribution in [0.2, 0.25) is 0 Å². The van der Waals surface area contributed by atoms with Gasteiger partial charge >= 0.3 is 5.97 Å². The van der Waals surface area contributed by atoms with Crippen molar-refractivity contribution in [2.24, 2.45) is 5.92 Å². The van der Waals surface area contributed by atoms with Crippen LogP contribution in [0.4, 0.5) is 6.01 Å². The molecule has 1 aliphatic heterocycles. The number of carboxylic acid groups (broad SMARTS) is 1. The summed E-state index contributed by atoms with van der Waals surface area (Å²) in [6, 6.07) is 16.4. The summed E-state index contributed by atoms with van der Waals surface area (Å²) in [6.45, 7) is 8.02. The molecule has 0 unspecified atom stereocenters. The predicted octanol–water partition coefficient (Wildman–Crippen LogP) is 4.26. The molecule has 1 aromatic heterocycles. The fraction of sp³-hybridized carbons (Fsp3) is 0.391. The van der Waals surface area contributed by atoms with E-state index in [1.807, 2.05) is 6.07 Å². The fourth-order valence-electron chi connectivity index (χ4n) is 4.13. The maximum absolute atomic E-state index is 11.5. The minimum Gasteiger partial charge on any atom is -0.478 e. The Morgan fingerprint density at radius 3 is 2.69 bits per heavy atom. The van der Waals surface area contributed by atoms with E-state index in [2.05, 4.69) is 52.9 Å². The number of nitrogens with zero attached hydrogens (tertiary/aromatic N) is 3. The van der Waals surface area contributed by atoms with Gasteiger partial charge in [-0.3, -0.25) is 4.90 Å². The van der Waals surface area contributed by atoms with Crippen molar-refractivity contribution in [1.82, 2.24) is 9.88 Å². The van der Waals surface area contributed by atoms with Crippen LogP contribution in [0.15, 0.2) is 52.9 Å². The van der Waals surface area contributed by atoms with Crippen molar-refractivity contribution < 1.29 is 14.3 Å². The summed E-state index contributed by atoms with van der Waals surface area (Å²) in [5.41, 5.74) is 2.44. The monoisotopic (exact) mass is 393 g/mol. The van der Waals surface area contributed by atoms with Gasteiger partial charge in [-0.05, 0) is 30.0 Å². The second-order valence-electron chi connectivity index (χ2n) is 8.15. The summed E-state index contributed by atoms with van der Waals surface area (Å²) in [4.78, 5) is 20.8. The molecule has 2 heterocycles. The Balaban J connectivity index is 1.58. The number of aromatic carboxylic acids is 1. The topological polar surface area (TPSA) is 69.8 Å². The molecule has 6 heteroatoms. The number of anilines is 1. The van der Waals surface area contributed by atoms with Gasteiger partial charge in [0.25, 0.3) is 6.01 Å². The summed E-state index contributed by atoms with van der Waals surface area (Å²) in [5, 5.41) is 9.45. The molecule has 152 valence electrons. The first kappa shape index (κ1) is 19.5. The van der Waals surface area contributed by atoms with Gasteiger partial charge in [-0.15, -0.1) is 0 Å². The van der Waals surface area contributed by atoms with Crippen molar-refractivity contribution in [2.75, 3.05) is 24.5 Å². The van der Waals surface area contributed by atoms with E-state index in [-0.39, 0.29) is 11.6 Å². The fourth-order valence-corrected chi connectivity index (χ4v) is 4.13. The van der Waals surface area contributed by atoms with Gasteiger partial charge in [-0.25, -0.2) is 4.79 Å². The third-order valence-corrected chi connectivity index (χ3v) is 5.44. The molecule has 0 radical (unpaired) electrons. The number of benzene rings is 2. The van der Waals surface area contributed by atoms with Crippen molar-refractivity contribution in [1.29, 1.82) is 0 Å². The van der Waals surface area contributed by atoms with E-state index in [9.17, 15) is 9.90 Å². The van der Waals surface area contributed by atoms with Crippen molar-refractivity contribution in [3.05, 3.63) is 59.7 Å². The second-order valence-corrected chi connectivity index (χ2v) is 8.15. The number of piperazine rings is 1. The van der Waals surface area contributed by atoms with Crippen LogP contribution in [0.1, 0.15) is 36.2 Å². The third-order valence-electron chi connectivity index (χ3n) is 5.44. The van der Waals surface area contributed by atoms with Gasteiger partial charge < -0.3 is 14.4 Å². The Morgan fingerprint density at radius 1 is 1.17 bits per heavy atom. The Kier molecular flexibility index (Phi) is 5.53. The summed E-state index contributed by atoms with van der Waals surface area (Å²) >= 11 is 0. The number of carboxylic acids is 1. The number of oxazole rings is 1. The summed E-state index contributed by atoms with van der Waals surface area (Å²) in [6.07, 6.45) is 1.02. The van der Waals surface area contributed by atoms with Crippen LogP contribution in [-0.2, 0) is 6.54 Å². The van der Waals surface area contributed by atoms with Gasteiger partial charge in [-0.1, -0.05) is 50.2 Å². The maximum atomic E-state index is 11.5. The highest BCUT2D eigenvalue weighted by Crippen LogP contribution is 2.29. The SMILES string of the molecule is CC(C)C[C@H]1CN(Cc2ccccc2)CCN1c1nc2c(C(=O)O)cccc2o1. The lowest BCUT2D eigenvalue weighted by atomic mass is 10.00. The molecule has 0 spiro atoms. The average molecular weight is 393 g/mol. The number of rotatable bonds is 6. The first-order valence-corrected chi connectivity index (χ1v) is 10.2. The summed E-state index contributed by atoms with van der Waals surface area (Å²) < 4.78 is 6.00. The van der Waals surface area contributed by atoms with Crippen LogP contribution in [0.25, 0.3) is 11.1 Å². The molecule has 0 amide bonds. The van der Waals surface area contributed by atoms with Crippen molar-refractivity contribution in [3.8, 4) is 0 Å². The van der Waals surface area contributed by atoms with Crippen molar-refractivity contribution in [3.63, 3.8) is 0 Å². The molecule has 4 rings (SSSR count). The lowest BCUT2D eigenvalue weighted by Gasteiger charge is -2.41. The Bertz CT molecular complexity index is 983. The molecule has 29 heavy (non-hydrogen) atoms. The zero-order chi connectivity index (χ0) is 20.4. The van der Waals surface area contributed by atoms with E-state index in [0.29, 0.717) is 23.0 Å². The molecule has 1 saturated heterocycles. The second kappa shape index (κ2) is 8.25. The largest absolute Gasteiger partial charge is 0.478 e. The third kappa shape index (κ3) is 4.27. The predicted molar refractivity (Wildman–Crippen MR) is 113 cm³/mol. The van der Waals surface area contributed by atoms with Crippen LogP contribution in [0.5, 0.6) is 0 Å². The van der Waals surface area contributed by atoms with Crippen LogP contribution in [0, 0.1) is 5.92 Å². The Labute approximate surface area is 170 Å². The quantitative estimate of drug-likeness (QED) is 0.675. The van der Waals surface area contributed by atoms with E-state index in [0.717, 1.165) is 32.6 Å². The highest BCUT2D eigenvalue weighted by atomic mass is 16.4. The smallest absolute Gasteiger partial charge is 0.338 e. The zero-order valence-electron chi connectivity index (χ0n) is 16.9. The highest BCUT2D eigenvalue weighted by Gasteiger charge is 2.31. The van der Waals surface area contributed by atoms with Crippen molar-refractivity contribution >= 4 is 23.1 Å². The molecule has 1 aliphatic rings. The van der Waals surface area contributed by atoms with Gasteiger partial charge in [0.2, 0.25) is 0 Å². The molecule has 0 saturated carbocycles. The molecule has 0 aliphatic carbocycles. The van der Waals surface area contributed by atoms with Gasteiger partial charge in [-0.2, -0.15) is 4.98 Å². The highest BCUT2D eigenvalue weighted by molar-refractivity contribution is 6.00. The van der Waals surface area contributed by atoms with Gasteiger partial charge in [0.05, 0.1) is 5.56 Å². The minimum atomic E-state index is -0.984. The van der Waals surface area contributed by atoms with E-state index in [1.54, 1.807) is 18.2 Å². The molecule has 2 aromatic carbocycles. The molecule has 1 fully saturated rings. The molecule has 1 atom stereocenters. The van der Waals surface area contributed by atoms with E-state index in [4.69, 9.17) is 4.42 Å². The molecule has 0 bridgehead atoms. The maximum Gasteiger partial charge on any atom is 0.338 e. The van der Waals surface area contributed by atoms with Crippen molar-refractivity contribution in [2.45, 2.75) is 32.9 Å². The lowest BCUT2D eigenvalue weighted by molar-refractivity contribution is 0.0699. The number of carbonyl (C=O) groups is 1. The Hall–Kier alpha value is -2.86. The van der Waals surface area contributed by atoms with E-state index in [1.165, 1.54) is 5.56 Å². The summed E-state index contributed by atoms with van der Waals surface area (Å²) in [7, 11) is 0. The number of hydrogen-bond donors (Lipinski definition) is 1. The standard InChI is InChI=1S/C23H27N3O3/c1-16(2)13-18-15-25(14-17-7-4-3-5-8-17)11-12-26(18)23-24-21-19(22(27)28)9-6-10-20(21)29-23/h3-10,16,18H,11-15H2,1-2H3,(H,27,28)/t18-/m0/s1. The number of para-hydroxylation sites is 1. The number of aromatic nitrogens is 1. The number of fused-ring (bicyclic) bond motifs is 1. The van der Waals surface area contributed by atoms with Crippen LogP contribution >= 0.6 is 0 Å². The summed E-state index contributed by atoms with van der Waals surface area (Å²) in [5.74, 6) is -0.444. The van der Waals surface area contributed by atoms with Gasteiger partial charge in [0.15, 0.2) is 5.58 Å². The van der Waals surface area contributed by atoms with Gasteiger partial charge in [0, 0.05) is 32.2 Å². The van der Waals surface area contributed by atoms with Crippen LogP contribution < -0.4 is 4.90 Å². The molecule has 1 N–H and O–H groups in total. The van der Waals surface area contributed by atoms with Gasteiger partial charge in [0.1, 0.15) is 5.52 Å². The molecular weight excluding hydrogens is 366 g/mol. The number of hydrogen-bond acceptors (Lipinski definition) is 5. The first-order chi connectivity index (χ1) is 14.0. The Morgan fingerprint density at radius 2 is 1.97 bits per heavy atom. The van der Waals surface area contributed by atoms with E-state index >= 15 is 0 Å². The minimum absolute atomic E-state index is 0.181. The lowest BCUT2D eigenvalue weighted by Crippen LogP contribution is -2.53. The molecule has 3 aromatic rings. The first-order valence-electron chi connectivity index (χ1n) is 10.2. The average Bonchev–Trinajstić information content (AvgIpc) is 3.12.